The molecule has 0 spiro atoms. The minimum absolute atomic E-state index is 0.558. The zero-order valence-electron chi connectivity index (χ0n) is 6.21. The second kappa shape index (κ2) is 2.36. The van der Waals surface area contributed by atoms with Crippen molar-refractivity contribution in [2.75, 3.05) is 13.1 Å². The predicted molar refractivity (Wildman–Crippen MR) is 40.2 cm³/mol. The Morgan fingerprint density at radius 1 is 1.64 bits per heavy atom. The maximum atomic E-state index is 9.66. The lowest BCUT2D eigenvalue weighted by Crippen LogP contribution is -2.60. The summed E-state index contributed by atoms with van der Waals surface area (Å²) in [6.07, 6.45) is 2.25. The number of hydrogen-bond donors (Lipinski definition) is 2. The quantitative estimate of drug-likeness (QED) is 0.636. The summed E-state index contributed by atoms with van der Waals surface area (Å²) in [4.78, 5) is 0. The lowest BCUT2D eigenvalue weighted by atomic mass is 9.92. The van der Waals surface area contributed by atoms with E-state index in [4.69, 9.17) is 4.42 Å². The molecule has 0 saturated carbocycles. The van der Waals surface area contributed by atoms with E-state index in [1.54, 1.807) is 6.26 Å². The van der Waals surface area contributed by atoms with Gasteiger partial charge in [-0.3, -0.25) is 0 Å². The van der Waals surface area contributed by atoms with Crippen LogP contribution in [0.25, 0.3) is 0 Å². The van der Waals surface area contributed by atoms with Gasteiger partial charge in [-0.15, -0.1) is 0 Å². The van der Waals surface area contributed by atoms with E-state index in [1.807, 2.05) is 12.1 Å². The van der Waals surface area contributed by atoms with Crippen molar-refractivity contribution in [3.63, 3.8) is 0 Å². The first-order chi connectivity index (χ1) is 5.29. The molecule has 2 heterocycles. The van der Waals surface area contributed by atoms with E-state index in [1.165, 1.54) is 0 Å². The van der Waals surface area contributed by atoms with Crippen molar-refractivity contribution in [2.24, 2.45) is 0 Å². The molecular weight excluding hydrogens is 142 g/mol. The highest BCUT2D eigenvalue weighted by atomic mass is 16.3. The van der Waals surface area contributed by atoms with E-state index in [0.29, 0.717) is 19.5 Å². The van der Waals surface area contributed by atoms with E-state index in [2.05, 4.69) is 5.32 Å². The summed E-state index contributed by atoms with van der Waals surface area (Å²) in [5.41, 5.74) is -0.558. The molecular formula is C8H11NO2. The third-order valence-corrected chi connectivity index (χ3v) is 1.99. The van der Waals surface area contributed by atoms with Crippen molar-refractivity contribution < 1.29 is 9.52 Å². The van der Waals surface area contributed by atoms with E-state index in [0.717, 1.165) is 5.76 Å². The SMILES string of the molecule is OC1(Cc2ccco2)CNC1. The van der Waals surface area contributed by atoms with Crippen LogP contribution in [-0.2, 0) is 6.42 Å². The van der Waals surface area contributed by atoms with E-state index in [9.17, 15) is 5.11 Å². The molecule has 3 nitrogen and oxygen atoms in total. The number of hydrogen-bond acceptors (Lipinski definition) is 3. The molecule has 2 rings (SSSR count). The molecule has 1 saturated heterocycles. The fourth-order valence-corrected chi connectivity index (χ4v) is 1.28. The van der Waals surface area contributed by atoms with Crippen molar-refractivity contribution in [1.82, 2.24) is 5.32 Å². The Balaban J connectivity index is 2.00. The van der Waals surface area contributed by atoms with Crippen LogP contribution in [0.5, 0.6) is 0 Å². The number of rotatable bonds is 2. The minimum Gasteiger partial charge on any atom is -0.469 e. The Labute approximate surface area is 65.0 Å². The van der Waals surface area contributed by atoms with Crippen LogP contribution in [0.1, 0.15) is 5.76 Å². The van der Waals surface area contributed by atoms with Crippen LogP contribution in [-0.4, -0.2) is 23.8 Å². The normalized spacial score (nSPS) is 21.2. The molecule has 1 aromatic rings. The first-order valence-corrected chi connectivity index (χ1v) is 3.74. The third kappa shape index (κ3) is 1.29. The summed E-state index contributed by atoms with van der Waals surface area (Å²) in [6, 6.07) is 3.72. The van der Waals surface area contributed by atoms with Gasteiger partial charge in [-0.05, 0) is 12.1 Å². The molecule has 1 aromatic heterocycles. The average molecular weight is 153 g/mol. The Bertz CT molecular complexity index is 226. The van der Waals surface area contributed by atoms with Crippen molar-refractivity contribution in [2.45, 2.75) is 12.0 Å². The number of aliphatic hydroxyl groups is 1. The monoisotopic (exact) mass is 153 g/mol. The average Bonchev–Trinajstić information content (AvgIpc) is 2.36. The molecule has 60 valence electrons. The molecule has 0 aromatic carbocycles. The number of β-amino-alcohol motifs (C(OH)–C–C–N with tert-alkyl or cyclic N) is 1. The summed E-state index contributed by atoms with van der Waals surface area (Å²) in [5, 5.41) is 12.7. The van der Waals surface area contributed by atoms with Crippen LogP contribution >= 0.6 is 0 Å². The highest BCUT2D eigenvalue weighted by Crippen LogP contribution is 2.17. The fourth-order valence-electron chi connectivity index (χ4n) is 1.28. The Kier molecular flexibility index (Phi) is 1.47. The highest BCUT2D eigenvalue weighted by molar-refractivity contribution is 5.07. The minimum atomic E-state index is -0.558. The van der Waals surface area contributed by atoms with Gasteiger partial charge in [0.2, 0.25) is 0 Å². The van der Waals surface area contributed by atoms with Gasteiger partial charge in [0.25, 0.3) is 0 Å². The molecule has 0 aliphatic carbocycles. The van der Waals surface area contributed by atoms with Gasteiger partial charge in [0.15, 0.2) is 0 Å². The van der Waals surface area contributed by atoms with Crippen molar-refractivity contribution >= 4 is 0 Å². The summed E-state index contributed by atoms with van der Waals surface area (Å²) in [7, 11) is 0. The lowest BCUT2D eigenvalue weighted by molar-refractivity contribution is -0.0130. The molecule has 1 aliphatic rings. The molecule has 0 amide bonds. The molecule has 1 aliphatic heterocycles. The number of furan rings is 1. The maximum Gasteiger partial charge on any atom is 0.106 e. The van der Waals surface area contributed by atoms with E-state index in [-0.39, 0.29) is 0 Å². The van der Waals surface area contributed by atoms with Gasteiger partial charge >= 0.3 is 0 Å². The van der Waals surface area contributed by atoms with Crippen LogP contribution in [0.3, 0.4) is 0 Å². The number of nitrogens with one attached hydrogen (secondary N) is 1. The zero-order chi connectivity index (χ0) is 7.73. The topological polar surface area (TPSA) is 45.4 Å². The smallest absolute Gasteiger partial charge is 0.106 e. The molecule has 2 N–H and O–H groups in total. The van der Waals surface area contributed by atoms with Crippen LogP contribution < -0.4 is 5.32 Å². The summed E-state index contributed by atoms with van der Waals surface area (Å²) >= 11 is 0. The fraction of sp³-hybridized carbons (Fsp3) is 0.500. The van der Waals surface area contributed by atoms with Gasteiger partial charge in [0, 0.05) is 19.5 Å². The van der Waals surface area contributed by atoms with Gasteiger partial charge in [0.1, 0.15) is 5.76 Å². The summed E-state index contributed by atoms with van der Waals surface area (Å²) < 4.78 is 5.12. The second-order valence-corrected chi connectivity index (χ2v) is 3.08. The Morgan fingerprint density at radius 2 is 2.45 bits per heavy atom. The molecule has 0 radical (unpaired) electrons. The van der Waals surface area contributed by atoms with Crippen LogP contribution in [0.2, 0.25) is 0 Å². The second-order valence-electron chi connectivity index (χ2n) is 3.08. The molecule has 3 heteroatoms. The van der Waals surface area contributed by atoms with Crippen LogP contribution in [0.15, 0.2) is 22.8 Å². The van der Waals surface area contributed by atoms with Crippen molar-refractivity contribution in [3.8, 4) is 0 Å². The largest absolute Gasteiger partial charge is 0.469 e. The third-order valence-electron chi connectivity index (χ3n) is 1.99. The Morgan fingerprint density at radius 3 is 2.91 bits per heavy atom. The molecule has 0 atom stereocenters. The van der Waals surface area contributed by atoms with Gasteiger partial charge < -0.3 is 14.8 Å². The standard InChI is InChI=1S/C8H11NO2/c10-8(5-9-6-8)4-7-2-1-3-11-7/h1-3,9-10H,4-6H2. The molecule has 1 fully saturated rings. The summed E-state index contributed by atoms with van der Waals surface area (Å²) in [6.45, 7) is 1.35. The maximum absolute atomic E-state index is 9.66. The van der Waals surface area contributed by atoms with Crippen LogP contribution in [0, 0.1) is 0 Å². The first-order valence-electron chi connectivity index (χ1n) is 3.74. The van der Waals surface area contributed by atoms with E-state index >= 15 is 0 Å². The summed E-state index contributed by atoms with van der Waals surface area (Å²) in [5.74, 6) is 0.856. The molecule has 0 bridgehead atoms. The van der Waals surface area contributed by atoms with Crippen LogP contribution in [0.4, 0.5) is 0 Å². The zero-order valence-corrected chi connectivity index (χ0v) is 6.21. The first kappa shape index (κ1) is 6.88. The van der Waals surface area contributed by atoms with Gasteiger partial charge in [-0.2, -0.15) is 0 Å². The van der Waals surface area contributed by atoms with Gasteiger partial charge in [-0.1, -0.05) is 0 Å². The predicted octanol–water partition coefficient (Wildman–Crippen LogP) is 0.156. The van der Waals surface area contributed by atoms with Crippen molar-refractivity contribution in [3.05, 3.63) is 24.2 Å². The lowest BCUT2D eigenvalue weighted by Gasteiger charge is -2.36. The molecule has 0 unspecified atom stereocenters. The Hall–Kier alpha value is -0.800. The van der Waals surface area contributed by atoms with Gasteiger partial charge in [-0.25, -0.2) is 0 Å². The van der Waals surface area contributed by atoms with Gasteiger partial charge in [0.05, 0.1) is 11.9 Å². The molecule has 11 heavy (non-hydrogen) atoms. The van der Waals surface area contributed by atoms with E-state index < -0.39 is 5.60 Å². The highest BCUT2D eigenvalue weighted by Gasteiger charge is 2.34. The van der Waals surface area contributed by atoms with Crippen molar-refractivity contribution in [1.29, 1.82) is 0 Å².